The highest BCUT2D eigenvalue weighted by Crippen LogP contribution is 2.36. The fourth-order valence-electron chi connectivity index (χ4n) is 3.07. The molecule has 2 N–H and O–H groups in total. The quantitative estimate of drug-likeness (QED) is 0.808. The zero-order valence-corrected chi connectivity index (χ0v) is 17.0. The molecule has 1 heterocycles. The van der Waals surface area contributed by atoms with Crippen LogP contribution >= 0.6 is 11.8 Å². The maximum atomic E-state index is 13.3. The van der Waals surface area contributed by atoms with E-state index in [0.717, 1.165) is 10.5 Å². The number of urea groups is 1. The molecule has 2 atom stereocenters. The lowest BCUT2D eigenvalue weighted by atomic mass is 10.1. The van der Waals surface area contributed by atoms with Crippen LogP contribution in [0.4, 0.5) is 4.79 Å². The lowest BCUT2D eigenvalue weighted by Gasteiger charge is -2.24. The van der Waals surface area contributed by atoms with Crippen LogP contribution in [0.1, 0.15) is 19.4 Å². The van der Waals surface area contributed by atoms with Gasteiger partial charge in [-0.25, -0.2) is 13.2 Å². The van der Waals surface area contributed by atoms with Crippen molar-refractivity contribution in [2.24, 2.45) is 5.92 Å². The lowest BCUT2D eigenvalue weighted by molar-refractivity contribution is 0.242. The van der Waals surface area contributed by atoms with E-state index in [0.29, 0.717) is 5.70 Å². The SMILES string of the molecule is CC1=C(S(=O)(=O)c2ccc(C)cc2)[C@@H](C)[C@H](Sc2ccccc2)NC(=O)N1. The first-order valence-corrected chi connectivity index (χ1v) is 11.0. The van der Waals surface area contributed by atoms with Gasteiger partial charge < -0.3 is 10.6 Å². The van der Waals surface area contributed by atoms with Gasteiger partial charge in [-0.3, -0.25) is 0 Å². The van der Waals surface area contributed by atoms with Gasteiger partial charge in [-0.2, -0.15) is 0 Å². The summed E-state index contributed by atoms with van der Waals surface area (Å²) < 4.78 is 26.7. The van der Waals surface area contributed by atoms with Crippen molar-refractivity contribution >= 4 is 27.6 Å². The maximum Gasteiger partial charge on any atom is 0.319 e. The van der Waals surface area contributed by atoms with E-state index in [1.165, 1.54) is 11.8 Å². The third-order valence-corrected chi connectivity index (χ3v) is 7.91. The van der Waals surface area contributed by atoms with Crippen LogP contribution in [0.2, 0.25) is 0 Å². The maximum absolute atomic E-state index is 13.3. The van der Waals surface area contributed by atoms with Gasteiger partial charge in [0.25, 0.3) is 0 Å². The molecule has 0 saturated carbocycles. The second-order valence-electron chi connectivity index (χ2n) is 6.54. The topological polar surface area (TPSA) is 75.3 Å². The first-order valence-electron chi connectivity index (χ1n) is 8.61. The van der Waals surface area contributed by atoms with Crippen LogP contribution in [-0.4, -0.2) is 19.8 Å². The van der Waals surface area contributed by atoms with Crippen LogP contribution in [0.3, 0.4) is 0 Å². The van der Waals surface area contributed by atoms with Gasteiger partial charge in [-0.05, 0) is 38.1 Å². The number of sulfone groups is 1. The molecule has 1 aliphatic heterocycles. The van der Waals surface area contributed by atoms with Crippen molar-refractivity contribution in [1.29, 1.82) is 0 Å². The Hall–Kier alpha value is -2.25. The number of carbonyl (C=O) groups excluding carboxylic acids is 1. The summed E-state index contributed by atoms with van der Waals surface area (Å²) in [6.45, 7) is 5.37. The van der Waals surface area contributed by atoms with E-state index in [4.69, 9.17) is 0 Å². The summed E-state index contributed by atoms with van der Waals surface area (Å²) in [4.78, 5) is 13.7. The Morgan fingerprint density at radius 1 is 0.963 bits per heavy atom. The van der Waals surface area contributed by atoms with Crippen molar-refractivity contribution < 1.29 is 13.2 Å². The van der Waals surface area contributed by atoms with Crippen molar-refractivity contribution in [3.05, 3.63) is 70.8 Å². The minimum Gasteiger partial charge on any atom is -0.325 e. The average Bonchev–Trinajstić information content (AvgIpc) is 2.72. The molecule has 3 rings (SSSR count). The van der Waals surface area contributed by atoms with Crippen LogP contribution in [0.25, 0.3) is 0 Å². The number of thioether (sulfide) groups is 1. The molecule has 2 amide bonds. The molecule has 2 aromatic carbocycles. The van der Waals surface area contributed by atoms with E-state index in [2.05, 4.69) is 10.6 Å². The Bertz CT molecular complexity index is 968. The number of aryl methyl sites for hydroxylation is 1. The largest absolute Gasteiger partial charge is 0.325 e. The Morgan fingerprint density at radius 2 is 1.59 bits per heavy atom. The minimum absolute atomic E-state index is 0.230. The van der Waals surface area contributed by atoms with E-state index in [-0.39, 0.29) is 9.80 Å². The number of nitrogens with one attached hydrogen (secondary N) is 2. The zero-order chi connectivity index (χ0) is 19.6. The monoisotopic (exact) mass is 402 g/mol. The Morgan fingerprint density at radius 3 is 2.22 bits per heavy atom. The van der Waals surface area contributed by atoms with Gasteiger partial charge in [0.2, 0.25) is 9.84 Å². The third kappa shape index (κ3) is 4.20. The van der Waals surface area contributed by atoms with Gasteiger partial charge in [0.15, 0.2) is 0 Å². The predicted octanol–water partition coefficient (Wildman–Crippen LogP) is 4.07. The van der Waals surface area contributed by atoms with Gasteiger partial charge in [-0.1, -0.05) is 42.8 Å². The van der Waals surface area contributed by atoms with E-state index >= 15 is 0 Å². The molecular weight excluding hydrogens is 380 g/mol. The molecule has 142 valence electrons. The van der Waals surface area contributed by atoms with Crippen molar-refractivity contribution in [3.8, 4) is 0 Å². The second kappa shape index (κ2) is 7.78. The first kappa shape index (κ1) is 19.5. The van der Waals surface area contributed by atoms with E-state index < -0.39 is 27.2 Å². The number of rotatable bonds is 4. The van der Waals surface area contributed by atoms with Crippen LogP contribution < -0.4 is 10.6 Å². The fourth-order valence-corrected chi connectivity index (χ4v) is 6.10. The molecule has 1 aliphatic rings. The number of allylic oxidation sites excluding steroid dienone is 1. The number of amides is 2. The normalized spacial score (nSPS) is 20.6. The number of benzene rings is 2. The smallest absolute Gasteiger partial charge is 0.319 e. The van der Waals surface area contributed by atoms with Gasteiger partial charge in [0.1, 0.15) is 0 Å². The zero-order valence-electron chi connectivity index (χ0n) is 15.4. The molecular formula is C20H22N2O3S2. The lowest BCUT2D eigenvalue weighted by Crippen LogP contribution is -2.39. The molecule has 0 bridgehead atoms. The molecule has 2 aromatic rings. The molecule has 0 saturated heterocycles. The average molecular weight is 403 g/mol. The highest BCUT2D eigenvalue weighted by molar-refractivity contribution is 8.00. The molecule has 0 unspecified atom stereocenters. The second-order valence-corrected chi connectivity index (χ2v) is 9.68. The van der Waals surface area contributed by atoms with E-state index in [1.54, 1.807) is 31.2 Å². The molecule has 5 nitrogen and oxygen atoms in total. The third-order valence-electron chi connectivity index (χ3n) is 4.44. The van der Waals surface area contributed by atoms with Gasteiger partial charge in [0, 0.05) is 16.5 Å². The number of hydrogen-bond donors (Lipinski definition) is 2. The fraction of sp³-hybridized carbons (Fsp3) is 0.250. The standard InChI is InChI=1S/C20H22N2O3S2/c1-13-9-11-17(12-10-13)27(24,25)18-14(2)19(22-20(23)21-15(18)3)26-16-7-5-4-6-8-16/h4-12,14,19H,1-3H3,(H2,21,22,23)/t14-,19+/m1/s1. The molecule has 27 heavy (non-hydrogen) atoms. The molecule has 0 aromatic heterocycles. The molecule has 7 heteroatoms. The van der Waals surface area contributed by atoms with Gasteiger partial charge >= 0.3 is 6.03 Å². The highest BCUT2D eigenvalue weighted by atomic mass is 32.2. The Labute approximate surface area is 164 Å². The highest BCUT2D eigenvalue weighted by Gasteiger charge is 2.36. The van der Waals surface area contributed by atoms with Crippen molar-refractivity contribution in [3.63, 3.8) is 0 Å². The van der Waals surface area contributed by atoms with Gasteiger partial charge in [0.05, 0.1) is 15.2 Å². The number of hydrogen-bond acceptors (Lipinski definition) is 4. The van der Waals surface area contributed by atoms with Crippen LogP contribution in [0.15, 0.2) is 75.0 Å². The Balaban J connectivity index is 2.02. The first-order chi connectivity index (χ1) is 12.8. The minimum atomic E-state index is -3.74. The summed E-state index contributed by atoms with van der Waals surface area (Å²) in [5.74, 6) is -0.416. The van der Waals surface area contributed by atoms with Gasteiger partial charge in [-0.15, -0.1) is 11.8 Å². The molecule has 0 aliphatic carbocycles. The van der Waals surface area contributed by atoms with Crippen molar-refractivity contribution in [2.75, 3.05) is 0 Å². The summed E-state index contributed by atoms with van der Waals surface area (Å²) in [6.07, 6.45) is 0. The van der Waals surface area contributed by atoms with E-state index in [9.17, 15) is 13.2 Å². The summed E-state index contributed by atoms with van der Waals surface area (Å²) in [6, 6.07) is 16.0. The predicted molar refractivity (Wildman–Crippen MR) is 108 cm³/mol. The van der Waals surface area contributed by atoms with Crippen LogP contribution in [0.5, 0.6) is 0 Å². The van der Waals surface area contributed by atoms with Crippen molar-refractivity contribution in [2.45, 2.75) is 35.9 Å². The van der Waals surface area contributed by atoms with E-state index in [1.807, 2.05) is 44.2 Å². The summed E-state index contributed by atoms with van der Waals surface area (Å²) in [5, 5.41) is 5.12. The summed E-state index contributed by atoms with van der Waals surface area (Å²) >= 11 is 1.44. The van der Waals surface area contributed by atoms with Crippen LogP contribution in [0, 0.1) is 12.8 Å². The number of carbonyl (C=O) groups is 1. The van der Waals surface area contributed by atoms with Crippen LogP contribution in [-0.2, 0) is 9.84 Å². The Kier molecular flexibility index (Phi) is 5.62. The molecule has 0 spiro atoms. The summed E-state index contributed by atoms with van der Waals surface area (Å²) in [7, 11) is -3.74. The van der Waals surface area contributed by atoms with Crippen molar-refractivity contribution in [1.82, 2.24) is 10.6 Å². The molecule has 0 fully saturated rings. The molecule has 0 radical (unpaired) electrons. The summed E-state index contributed by atoms with van der Waals surface area (Å²) in [5.41, 5.74) is 1.35.